The molecule has 1 saturated carbocycles. The van der Waals surface area contributed by atoms with E-state index in [0.717, 1.165) is 25.4 Å². The molecule has 3 nitrogen and oxygen atoms in total. The minimum absolute atomic E-state index is 0.0615. The Labute approximate surface area is 92.0 Å². The van der Waals surface area contributed by atoms with E-state index in [4.69, 9.17) is 0 Å². The van der Waals surface area contributed by atoms with Crippen molar-refractivity contribution < 1.29 is 4.79 Å². The van der Waals surface area contributed by atoms with Gasteiger partial charge in [-0.2, -0.15) is 0 Å². The van der Waals surface area contributed by atoms with Crippen LogP contribution in [0, 0.1) is 11.8 Å². The molecule has 1 amide bonds. The molecule has 2 fully saturated rings. The molecule has 0 aromatic rings. The first-order valence-corrected chi connectivity index (χ1v) is 6.28. The molecule has 0 aromatic carbocycles. The van der Waals surface area contributed by atoms with Gasteiger partial charge in [0.15, 0.2) is 0 Å². The van der Waals surface area contributed by atoms with Crippen LogP contribution in [0.1, 0.15) is 39.0 Å². The fraction of sp³-hybridized carbons (Fsp3) is 0.917. The van der Waals surface area contributed by atoms with Crippen LogP contribution in [0.2, 0.25) is 0 Å². The molecule has 1 aliphatic carbocycles. The summed E-state index contributed by atoms with van der Waals surface area (Å²) < 4.78 is 0. The smallest absolute Gasteiger partial charge is 0.237 e. The van der Waals surface area contributed by atoms with Gasteiger partial charge in [-0.1, -0.05) is 19.8 Å². The van der Waals surface area contributed by atoms with E-state index in [2.05, 4.69) is 17.6 Å². The van der Waals surface area contributed by atoms with Crippen LogP contribution >= 0.6 is 0 Å². The highest BCUT2D eigenvalue weighted by Gasteiger charge is 2.29. The molecule has 1 aliphatic heterocycles. The second-order valence-corrected chi connectivity index (χ2v) is 5.09. The third-order valence-corrected chi connectivity index (χ3v) is 3.86. The lowest BCUT2D eigenvalue weighted by atomic mass is 10.0. The van der Waals surface area contributed by atoms with Gasteiger partial charge in [0.05, 0.1) is 6.04 Å². The molecule has 1 heterocycles. The van der Waals surface area contributed by atoms with E-state index < -0.39 is 0 Å². The fourth-order valence-electron chi connectivity index (χ4n) is 2.75. The third kappa shape index (κ3) is 2.71. The molecule has 0 aromatic heterocycles. The largest absolute Gasteiger partial charge is 0.354 e. The maximum absolute atomic E-state index is 11.8. The van der Waals surface area contributed by atoms with Crippen molar-refractivity contribution in [2.45, 2.75) is 45.1 Å². The van der Waals surface area contributed by atoms with Crippen molar-refractivity contribution >= 4 is 5.91 Å². The topological polar surface area (TPSA) is 41.1 Å². The van der Waals surface area contributed by atoms with Gasteiger partial charge in [0.2, 0.25) is 5.91 Å². The lowest BCUT2D eigenvalue weighted by Gasteiger charge is -2.17. The predicted molar refractivity (Wildman–Crippen MR) is 60.5 cm³/mol. The molecule has 86 valence electrons. The molecule has 2 unspecified atom stereocenters. The standard InChI is InChI=1S/C12H22N2O/c1-9-6-7-13-11(9)12(15)14-8-10-4-2-3-5-10/h9-11,13H,2-8H2,1H3,(H,14,15). The van der Waals surface area contributed by atoms with Crippen molar-refractivity contribution in [1.29, 1.82) is 0 Å². The van der Waals surface area contributed by atoms with E-state index >= 15 is 0 Å². The summed E-state index contributed by atoms with van der Waals surface area (Å²) in [5.74, 6) is 1.45. The van der Waals surface area contributed by atoms with Gasteiger partial charge in [0, 0.05) is 6.54 Å². The molecule has 2 atom stereocenters. The van der Waals surface area contributed by atoms with Gasteiger partial charge in [-0.25, -0.2) is 0 Å². The van der Waals surface area contributed by atoms with Crippen LogP contribution in [0.25, 0.3) is 0 Å². The number of amides is 1. The van der Waals surface area contributed by atoms with Gasteiger partial charge in [-0.05, 0) is 37.6 Å². The number of carbonyl (C=O) groups is 1. The second-order valence-electron chi connectivity index (χ2n) is 5.09. The Morgan fingerprint density at radius 1 is 1.33 bits per heavy atom. The van der Waals surface area contributed by atoms with Gasteiger partial charge < -0.3 is 10.6 Å². The van der Waals surface area contributed by atoms with Crippen molar-refractivity contribution in [3.8, 4) is 0 Å². The number of rotatable bonds is 3. The molecule has 2 N–H and O–H groups in total. The Morgan fingerprint density at radius 2 is 2.07 bits per heavy atom. The maximum Gasteiger partial charge on any atom is 0.237 e. The van der Waals surface area contributed by atoms with Crippen LogP contribution in [0.3, 0.4) is 0 Å². The monoisotopic (exact) mass is 210 g/mol. The molecule has 0 bridgehead atoms. The quantitative estimate of drug-likeness (QED) is 0.737. The molecule has 0 spiro atoms. The maximum atomic E-state index is 11.8. The average Bonchev–Trinajstić information content (AvgIpc) is 2.84. The molecular formula is C12H22N2O. The highest BCUT2D eigenvalue weighted by Crippen LogP contribution is 2.24. The molecule has 3 heteroatoms. The second kappa shape index (κ2) is 4.97. The Kier molecular flexibility index (Phi) is 3.62. The minimum atomic E-state index is 0.0615. The molecule has 2 rings (SSSR count). The summed E-state index contributed by atoms with van der Waals surface area (Å²) in [6.07, 6.45) is 6.42. The van der Waals surface area contributed by atoms with Crippen LogP contribution in [0.15, 0.2) is 0 Å². The lowest BCUT2D eigenvalue weighted by molar-refractivity contribution is -0.123. The summed E-state index contributed by atoms with van der Waals surface area (Å²) in [6.45, 7) is 4.03. The van der Waals surface area contributed by atoms with E-state index in [9.17, 15) is 4.79 Å². The van der Waals surface area contributed by atoms with E-state index in [1.54, 1.807) is 0 Å². The molecule has 1 saturated heterocycles. The first kappa shape index (κ1) is 10.9. The minimum Gasteiger partial charge on any atom is -0.354 e. The highest BCUT2D eigenvalue weighted by molar-refractivity contribution is 5.82. The zero-order chi connectivity index (χ0) is 10.7. The van der Waals surface area contributed by atoms with Gasteiger partial charge in [0.1, 0.15) is 0 Å². The number of hydrogen-bond donors (Lipinski definition) is 2. The number of nitrogens with one attached hydrogen (secondary N) is 2. The average molecular weight is 210 g/mol. The Hall–Kier alpha value is -0.570. The Morgan fingerprint density at radius 3 is 2.67 bits per heavy atom. The van der Waals surface area contributed by atoms with E-state index in [1.165, 1.54) is 25.7 Å². The molecule has 15 heavy (non-hydrogen) atoms. The van der Waals surface area contributed by atoms with E-state index in [1.807, 2.05) is 0 Å². The van der Waals surface area contributed by atoms with Crippen LogP contribution in [0.4, 0.5) is 0 Å². The predicted octanol–water partition coefficient (Wildman–Crippen LogP) is 1.29. The first-order chi connectivity index (χ1) is 7.27. The van der Waals surface area contributed by atoms with Gasteiger partial charge in [0.25, 0.3) is 0 Å². The Balaban J connectivity index is 1.71. The zero-order valence-corrected chi connectivity index (χ0v) is 9.59. The van der Waals surface area contributed by atoms with Crippen molar-refractivity contribution in [1.82, 2.24) is 10.6 Å². The van der Waals surface area contributed by atoms with Gasteiger partial charge in [-0.3, -0.25) is 4.79 Å². The number of hydrogen-bond acceptors (Lipinski definition) is 2. The summed E-state index contributed by atoms with van der Waals surface area (Å²) in [7, 11) is 0. The SMILES string of the molecule is CC1CCNC1C(=O)NCC1CCCC1. The van der Waals surface area contributed by atoms with Gasteiger partial charge >= 0.3 is 0 Å². The summed E-state index contributed by atoms with van der Waals surface area (Å²) in [6, 6.07) is 0.0615. The van der Waals surface area contributed by atoms with Crippen molar-refractivity contribution in [3.63, 3.8) is 0 Å². The number of carbonyl (C=O) groups excluding carboxylic acids is 1. The van der Waals surface area contributed by atoms with E-state index in [0.29, 0.717) is 5.92 Å². The van der Waals surface area contributed by atoms with Crippen molar-refractivity contribution in [3.05, 3.63) is 0 Å². The summed E-state index contributed by atoms with van der Waals surface area (Å²) >= 11 is 0. The third-order valence-electron chi connectivity index (χ3n) is 3.86. The zero-order valence-electron chi connectivity index (χ0n) is 9.59. The van der Waals surface area contributed by atoms with Crippen molar-refractivity contribution in [2.24, 2.45) is 11.8 Å². The van der Waals surface area contributed by atoms with E-state index in [-0.39, 0.29) is 11.9 Å². The molecule has 2 aliphatic rings. The molecule has 0 radical (unpaired) electrons. The molecular weight excluding hydrogens is 188 g/mol. The first-order valence-electron chi connectivity index (χ1n) is 6.28. The highest BCUT2D eigenvalue weighted by atomic mass is 16.2. The van der Waals surface area contributed by atoms with Crippen LogP contribution in [-0.2, 0) is 4.79 Å². The fourth-order valence-corrected chi connectivity index (χ4v) is 2.75. The van der Waals surface area contributed by atoms with Crippen LogP contribution < -0.4 is 10.6 Å². The summed E-state index contributed by atoms with van der Waals surface area (Å²) in [5, 5.41) is 6.36. The van der Waals surface area contributed by atoms with Gasteiger partial charge in [-0.15, -0.1) is 0 Å². The van der Waals surface area contributed by atoms with Crippen molar-refractivity contribution in [2.75, 3.05) is 13.1 Å². The Bertz CT molecular complexity index is 224. The van der Waals surface area contributed by atoms with Crippen LogP contribution in [0.5, 0.6) is 0 Å². The summed E-state index contributed by atoms with van der Waals surface area (Å²) in [4.78, 5) is 11.8. The lowest BCUT2D eigenvalue weighted by Crippen LogP contribution is -2.44. The summed E-state index contributed by atoms with van der Waals surface area (Å²) in [5.41, 5.74) is 0. The normalized spacial score (nSPS) is 32.1. The van der Waals surface area contributed by atoms with Crippen LogP contribution in [-0.4, -0.2) is 25.0 Å².